The van der Waals surface area contributed by atoms with E-state index in [1.165, 1.54) is 6.07 Å². The molecule has 0 atom stereocenters. The maximum Gasteiger partial charge on any atom is 0.242 e. The molecule has 1 heterocycles. The van der Waals surface area contributed by atoms with Crippen LogP contribution in [-0.4, -0.2) is 13.4 Å². The van der Waals surface area contributed by atoms with Crippen LogP contribution in [0.3, 0.4) is 0 Å². The molecule has 1 aromatic heterocycles. The highest BCUT2D eigenvalue weighted by Gasteiger charge is 2.17. The molecule has 106 valence electrons. The molecule has 1 aromatic carbocycles. The lowest BCUT2D eigenvalue weighted by Crippen LogP contribution is -2.24. The number of nitrogens with zero attached hydrogens (tertiary/aromatic N) is 1. The number of sulfonamides is 1. The molecule has 0 spiro atoms. The minimum Gasteiger partial charge on any atom is -0.398 e. The Hall–Kier alpha value is -1.44. The maximum absolute atomic E-state index is 12.3. The number of hydrogen-bond acceptors (Lipinski definition) is 4. The zero-order valence-electron chi connectivity index (χ0n) is 10.8. The van der Waals surface area contributed by atoms with E-state index in [-0.39, 0.29) is 17.1 Å². The molecule has 0 aliphatic carbocycles. The number of nitrogens with two attached hydrogens (primary N) is 1. The summed E-state index contributed by atoms with van der Waals surface area (Å²) < 4.78 is 27.7. The van der Waals surface area contributed by atoms with E-state index in [1.807, 2.05) is 6.92 Å². The molecule has 0 radical (unpaired) electrons. The maximum atomic E-state index is 12.3. The van der Waals surface area contributed by atoms with E-state index in [0.717, 1.165) is 11.1 Å². The summed E-state index contributed by atoms with van der Waals surface area (Å²) in [5.74, 6) is 0. The van der Waals surface area contributed by atoms with Crippen molar-refractivity contribution >= 4 is 31.6 Å². The second-order valence-corrected chi connectivity index (χ2v) is 6.96. The number of aryl methyl sites for hydroxylation is 1. The number of nitrogen functional groups attached to an aromatic ring is 1. The lowest BCUT2D eigenvalue weighted by Gasteiger charge is -2.10. The van der Waals surface area contributed by atoms with Crippen LogP contribution in [0.4, 0.5) is 5.69 Å². The minimum atomic E-state index is -3.65. The first kappa shape index (κ1) is 15.0. The van der Waals surface area contributed by atoms with Gasteiger partial charge in [-0.25, -0.2) is 13.1 Å². The van der Waals surface area contributed by atoms with Gasteiger partial charge in [0.15, 0.2) is 0 Å². The molecule has 2 aromatic rings. The van der Waals surface area contributed by atoms with Crippen molar-refractivity contribution in [1.29, 1.82) is 0 Å². The first-order valence-corrected chi connectivity index (χ1v) is 8.12. The topological polar surface area (TPSA) is 85.1 Å². The van der Waals surface area contributed by atoms with Gasteiger partial charge in [0.1, 0.15) is 4.90 Å². The number of aromatic nitrogens is 1. The van der Waals surface area contributed by atoms with Crippen LogP contribution in [-0.2, 0) is 16.6 Å². The Bertz CT molecular complexity index is 732. The van der Waals surface area contributed by atoms with Gasteiger partial charge in [0.2, 0.25) is 10.0 Å². The van der Waals surface area contributed by atoms with Gasteiger partial charge in [0.05, 0.1) is 5.69 Å². The predicted octanol–water partition coefficient (Wildman–Crippen LogP) is 2.21. The lowest BCUT2D eigenvalue weighted by atomic mass is 10.2. The third-order valence-corrected chi connectivity index (χ3v) is 4.80. The second kappa shape index (κ2) is 5.90. The summed E-state index contributed by atoms with van der Waals surface area (Å²) in [4.78, 5) is 4.04. The van der Waals surface area contributed by atoms with Crippen molar-refractivity contribution in [2.24, 2.45) is 0 Å². The fraction of sp³-hybridized carbons (Fsp3) is 0.154. The fourth-order valence-electron chi connectivity index (χ4n) is 1.69. The monoisotopic (exact) mass is 355 g/mol. The van der Waals surface area contributed by atoms with Gasteiger partial charge in [0.25, 0.3) is 0 Å². The molecule has 0 bridgehead atoms. The highest BCUT2D eigenvalue weighted by atomic mass is 79.9. The molecule has 2 rings (SSSR count). The Morgan fingerprint density at radius 2 is 2.10 bits per heavy atom. The van der Waals surface area contributed by atoms with Crippen LogP contribution in [0.1, 0.15) is 11.1 Å². The number of benzene rings is 1. The SMILES string of the molecule is Cc1cnccc1CNS(=O)(=O)c1cc(Br)ccc1N. The van der Waals surface area contributed by atoms with Crippen molar-refractivity contribution < 1.29 is 8.42 Å². The molecule has 0 amide bonds. The molecule has 0 unspecified atom stereocenters. The highest BCUT2D eigenvalue weighted by molar-refractivity contribution is 9.10. The van der Waals surface area contributed by atoms with Gasteiger partial charge in [-0.2, -0.15) is 0 Å². The van der Waals surface area contributed by atoms with Crippen molar-refractivity contribution in [3.05, 3.63) is 52.3 Å². The number of nitrogens with one attached hydrogen (secondary N) is 1. The Morgan fingerprint density at radius 1 is 1.35 bits per heavy atom. The fourth-order valence-corrected chi connectivity index (χ4v) is 3.37. The van der Waals surface area contributed by atoms with Gasteiger partial charge >= 0.3 is 0 Å². The quantitative estimate of drug-likeness (QED) is 0.823. The van der Waals surface area contributed by atoms with Gasteiger partial charge in [-0.15, -0.1) is 0 Å². The van der Waals surface area contributed by atoms with Crippen LogP contribution in [0.15, 0.2) is 46.0 Å². The number of rotatable bonds is 4. The Morgan fingerprint density at radius 3 is 2.80 bits per heavy atom. The molecule has 7 heteroatoms. The van der Waals surface area contributed by atoms with Crippen LogP contribution in [0.5, 0.6) is 0 Å². The first-order valence-electron chi connectivity index (χ1n) is 5.84. The third-order valence-electron chi connectivity index (χ3n) is 2.85. The Kier molecular flexibility index (Phi) is 4.42. The zero-order chi connectivity index (χ0) is 14.8. The molecule has 0 aliphatic heterocycles. The Balaban J connectivity index is 2.24. The average molecular weight is 356 g/mol. The molecule has 3 N–H and O–H groups in total. The van der Waals surface area contributed by atoms with E-state index >= 15 is 0 Å². The summed E-state index contributed by atoms with van der Waals surface area (Å²) in [7, 11) is -3.65. The molecule has 0 saturated heterocycles. The molecule has 20 heavy (non-hydrogen) atoms. The van der Waals surface area contributed by atoms with Gasteiger partial charge in [-0.3, -0.25) is 4.98 Å². The van der Waals surface area contributed by atoms with E-state index in [4.69, 9.17) is 5.73 Å². The standard InChI is InChI=1S/C13H14BrN3O2S/c1-9-7-16-5-4-10(9)8-17-20(18,19)13-6-11(14)2-3-12(13)15/h2-7,17H,8,15H2,1H3. The second-order valence-electron chi connectivity index (χ2n) is 4.31. The largest absolute Gasteiger partial charge is 0.398 e. The van der Waals surface area contributed by atoms with Crippen molar-refractivity contribution in [2.75, 3.05) is 5.73 Å². The number of pyridine rings is 1. The smallest absolute Gasteiger partial charge is 0.242 e. The van der Waals surface area contributed by atoms with Gasteiger partial charge < -0.3 is 5.73 Å². The summed E-state index contributed by atoms with van der Waals surface area (Å²) in [5.41, 5.74) is 7.74. The van der Waals surface area contributed by atoms with E-state index in [9.17, 15) is 8.42 Å². The number of hydrogen-bond donors (Lipinski definition) is 2. The first-order chi connectivity index (χ1) is 9.40. The van der Waals surface area contributed by atoms with Crippen molar-refractivity contribution in [2.45, 2.75) is 18.4 Å². The van der Waals surface area contributed by atoms with E-state index in [1.54, 1.807) is 30.6 Å². The van der Waals surface area contributed by atoms with Crippen LogP contribution >= 0.6 is 15.9 Å². The average Bonchev–Trinajstić information content (AvgIpc) is 2.40. The van der Waals surface area contributed by atoms with E-state index in [2.05, 4.69) is 25.6 Å². The zero-order valence-corrected chi connectivity index (χ0v) is 13.2. The van der Waals surface area contributed by atoms with Crippen LogP contribution in [0, 0.1) is 6.92 Å². The molecule has 0 saturated carbocycles. The summed E-state index contributed by atoms with van der Waals surface area (Å²) in [5, 5.41) is 0. The predicted molar refractivity (Wildman–Crippen MR) is 81.6 cm³/mol. The van der Waals surface area contributed by atoms with Gasteiger partial charge in [-0.05, 0) is 42.3 Å². The highest BCUT2D eigenvalue weighted by Crippen LogP contribution is 2.23. The lowest BCUT2D eigenvalue weighted by molar-refractivity contribution is 0.581. The van der Waals surface area contributed by atoms with Crippen molar-refractivity contribution in [3.63, 3.8) is 0 Å². The van der Waals surface area contributed by atoms with Gasteiger partial charge in [0, 0.05) is 23.4 Å². The normalized spacial score (nSPS) is 11.5. The number of anilines is 1. The molecule has 0 aliphatic rings. The van der Waals surface area contributed by atoms with Crippen LogP contribution in [0.2, 0.25) is 0 Å². The van der Waals surface area contributed by atoms with E-state index in [0.29, 0.717) is 4.47 Å². The summed E-state index contributed by atoms with van der Waals surface area (Å²) in [6, 6.07) is 6.51. The van der Waals surface area contributed by atoms with Gasteiger partial charge in [-0.1, -0.05) is 15.9 Å². The summed E-state index contributed by atoms with van der Waals surface area (Å²) in [6.07, 6.45) is 3.32. The number of halogens is 1. The van der Waals surface area contributed by atoms with E-state index < -0.39 is 10.0 Å². The van der Waals surface area contributed by atoms with Crippen LogP contribution in [0.25, 0.3) is 0 Å². The van der Waals surface area contributed by atoms with Crippen LogP contribution < -0.4 is 10.5 Å². The molecular weight excluding hydrogens is 342 g/mol. The summed E-state index contributed by atoms with van der Waals surface area (Å²) in [6.45, 7) is 2.08. The molecule has 5 nitrogen and oxygen atoms in total. The Labute approximate surface area is 126 Å². The molecular formula is C13H14BrN3O2S. The van der Waals surface area contributed by atoms with Crippen molar-refractivity contribution in [1.82, 2.24) is 9.71 Å². The minimum absolute atomic E-state index is 0.0681. The molecule has 0 fully saturated rings. The summed E-state index contributed by atoms with van der Waals surface area (Å²) >= 11 is 3.24. The van der Waals surface area contributed by atoms with Crippen molar-refractivity contribution in [3.8, 4) is 0 Å². The third kappa shape index (κ3) is 3.36.